The summed E-state index contributed by atoms with van der Waals surface area (Å²) in [5.74, 6) is -0.0531. The summed E-state index contributed by atoms with van der Waals surface area (Å²) >= 11 is 6.26. The van der Waals surface area contributed by atoms with Crippen molar-refractivity contribution in [3.8, 4) is 22.9 Å². The van der Waals surface area contributed by atoms with Gasteiger partial charge in [0.25, 0.3) is 5.56 Å². The van der Waals surface area contributed by atoms with E-state index in [2.05, 4.69) is 9.97 Å². The number of benzene rings is 2. The van der Waals surface area contributed by atoms with Gasteiger partial charge in [0, 0.05) is 5.56 Å². The average molecular weight is 375 g/mol. The Bertz CT molecular complexity index is 1060. The molecule has 8 heteroatoms. The van der Waals surface area contributed by atoms with Crippen LogP contribution in [0.4, 0.5) is 0 Å². The van der Waals surface area contributed by atoms with Crippen LogP contribution < -0.4 is 15.0 Å². The van der Waals surface area contributed by atoms with Gasteiger partial charge in [0.15, 0.2) is 11.5 Å². The quantitative estimate of drug-likeness (QED) is 0.710. The third-order valence-corrected chi connectivity index (χ3v) is 4.03. The molecule has 3 aromatic rings. The number of nitrogens with one attached hydrogen (secondary N) is 1. The fourth-order valence-corrected chi connectivity index (χ4v) is 2.82. The van der Waals surface area contributed by atoms with Gasteiger partial charge in [-0.15, -0.1) is 0 Å². The molecule has 2 aromatic carbocycles. The van der Waals surface area contributed by atoms with Gasteiger partial charge in [0.05, 0.1) is 35.2 Å². The van der Waals surface area contributed by atoms with Crippen LogP contribution >= 0.6 is 11.6 Å². The molecule has 3 rings (SSSR count). The summed E-state index contributed by atoms with van der Waals surface area (Å²) in [7, 11) is 1.48. The first-order chi connectivity index (χ1) is 12.4. The third-order valence-electron chi connectivity index (χ3n) is 3.75. The number of aromatic carboxylic acids is 1. The van der Waals surface area contributed by atoms with Crippen molar-refractivity contribution in [1.29, 1.82) is 0 Å². The normalized spacial score (nSPS) is 10.7. The Labute approximate surface area is 153 Å². The van der Waals surface area contributed by atoms with Gasteiger partial charge >= 0.3 is 5.97 Å². The van der Waals surface area contributed by atoms with Gasteiger partial charge in [0.1, 0.15) is 5.82 Å². The van der Waals surface area contributed by atoms with E-state index in [-0.39, 0.29) is 22.5 Å². The Balaban J connectivity index is 2.20. The molecule has 2 N–H and O–H groups in total. The second kappa shape index (κ2) is 7.05. The Morgan fingerprint density at radius 3 is 2.73 bits per heavy atom. The molecule has 0 spiro atoms. The summed E-state index contributed by atoms with van der Waals surface area (Å²) in [6.07, 6.45) is 0. The van der Waals surface area contributed by atoms with Crippen LogP contribution in [0.3, 0.4) is 0 Å². The van der Waals surface area contributed by atoms with Crippen LogP contribution in [-0.4, -0.2) is 34.8 Å². The number of fused-ring (bicyclic) bond motifs is 1. The molecular formula is C18H15ClN2O5. The highest BCUT2D eigenvalue weighted by Gasteiger charge is 2.15. The minimum atomic E-state index is -1.10. The van der Waals surface area contributed by atoms with Crippen molar-refractivity contribution in [2.24, 2.45) is 0 Å². The lowest BCUT2D eigenvalue weighted by Gasteiger charge is -2.13. The van der Waals surface area contributed by atoms with Crippen molar-refractivity contribution >= 4 is 28.5 Å². The highest BCUT2D eigenvalue weighted by molar-refractivity contribution is 6.32. The van der Waals surface area contributed by atoms with E-state index in [0.717, 1.165) is 0 Å². The SMILES string of the molecule is CCOc1c(Cl)cc(-c2nc3cc(C(=O)O)ccc3c(=O)[nH]2)cc1OC. The van der Waals surface area contributed by atoms with E-state index in [9.17, 15) is 9.59 Å². The second-order valence-electron chi connectivity index (χ2n) is 5.37. The van der Waals surface area contributed by atoms with Crippen LogP contribution in [0.5, 0.6) is 11.5 Å². The van der Waals surface area contributed by atoms with E-state index in [4.69, 9.17) is 26.2 Å². The van der Waals surface area contributed by atoms with E-state index >= 15 is 0 Å². The van der Waals surface area contributed by atoms with Gasteiger partial charge in [-0.1, -0.05) is 11.6 Å². The molecule has 26 heavy (non-hydrogen) atoms. The summed E-state index contributed by atoms with van der Waals surface area (Å²) in [6, 6.07) is 7.38. The standard InChI is InChI=1S/C18H15ClN2O5/c1-3-26-15-12(19)6-10(8-14(15)25-2)16-20-13-7-9(18(23)24)4-5-11(13)17(22)21-16/h4-8H,3H2,1-2H3,(H,23,24)(H,20,21,22). The molecule has 134 valence electrons. The molecule has 0 saturated carbocycles. The smallest absolute Gasteiger partial charge is 0.335 e. The molecule has 0 fully saturated rings. The Morgan fingerprint density at radius 1 is 1.31 bits per heavy atom. The Hall–Kier alpha value is -3.06. The summed E-state index contributed by atoms with van der Waals surface area (Å²) in [4.78, 5) is 30.5. The molecule has 0 unspecified atom stereocenters. The minimum absolute atomic E-state index is 0.0452. The molecule has 0 aliphatic carbocycles. The number of H-pyrrole nitrogens is 1. The minimum Gasteiger partial charge on any atom is -0.493 e. The van der Waals surface area contributed by atoms with Crippen molar-refractivity contribution in [2.45, 2.75) is 6.92 Å². The monoisotopic (exact) mass is 374 g/mol. The molecular weight excluding hydrogens is 360 g/mol. The number of methoxy groups -OCH3 is 1. The van der Waals surface area contributed by atoms with Gasteiger partial charge in [-0.3, -0.25) is 4.79 Å². The zero-order chi connectivity index (χ0) is 18.8. The van der Waals surface area contributed by atoms with Crippen molar-refractivity contribution in [1.82, 2.24) is 9.97 Å². The molecule has 0 atom stereocenters. The fourth-order valence-electron chi connectivity index (χ4n) is 2.55. The lowest BCUT2D eigenvalue weighted by molar-refractivity contribution is 0.0697. The summed E-state index contributed by atoms with van der Waals surface area (Å²) in [6.45, 7) is 2.24. The maximum atomic E-state index is 12.3. The number of halogens is 1. The number of ether oxygens (including phenoxy) is 2. The molecule has 1 heterocycles. The summed E-state index contributed by atoms with van der Waals surface area (Å²) < 4.78 is 10.8. The lowest BCUT2D eigenvalue weighted by Crippen LogP contribution is -2.10. The highest BCUT2D eigenvalue weighted by Crippen LogP contribution is 2.38. The van der Waals surface area contributed by atoms with Crippen molar-refractivity contribution in [3.05, 3.63) is 51.3 Å². The van der Waals surface area contributed by atoms with E-state index in [1.54, 1.807) is 12.1 Å². The maximum absolute atomic E-state index is 12.3. The van der Waals surface area contributed by atoms with E-state index in [1.165, 1.54) is 25.3 Å². The second-order valence-corrected chi connectivity index (χ2v) is 5.78. The summed E-state index contributed by atoms with van der Waals surface area (Å²) in [5, 5.41) is 9.73. The first-order valence-electron chi connectivity index (χ1n) is 7.72. The molecule has 0 amide bonds. The van der Waals surface area contributed by atoms with Crippen LogP contribution in [0.15, 0.2) is 35.1 Å². The maximum Gasteiger partial charge on any atom is 0.335 e. The first kappa shape index (κ1) is 17.8. The first-order valence-corrected chi connectivity index (χ1v) is 8.10. The van der Waals surface area contributed by atoms with Crippen LogP contribution in [0.1, 0.15) is 17.3 Å². The third kappa shape index (κ3) is 3.21. The van der Waals surface area contributed by atoms with E-state index in [1.807, 2.05) is 6.92 Å². The summed E-state index contributed by atoms with van der Waals surface area (Å²) in [5.41, 5.74) is 0.442. The van der Waals surface area contributed by atoms with Gasteiger partial charge in [-0.2, -0.15) is 0 Å². The van der Waals surface area contributed by atoms with Crippen LogP contribution in [0.25, 0.3) is 22.3 Å². The molecule has 0 radical (unpaired) electrons. The zero-order valence-electron chi connectivity index (χ0n) is 14.0. The number of carbonyl (C=O) groups is 1. The number of carboxylic acid groups (broad SMARTS) is 1. The molecule has 0 aliphatic rings. The number of hydrogen-bond donors (Lipinski definition) is 2. The zero-order valence-corrected chi connectivity index (χ0v) is 14.8. The van der Waals surface area contributed by atoms with Crippen molar-refractivity contribution in [2.75, 3.05) is 13.7 Å². The Kier molecular flexibility index (Phi) is 4.81. The van der Waals surface area contributed by atoms with E-state index < -0.39 is 5.97 Å². The van der Waals surface area contributed by atoms with Gasteiger partial charge in [-0.05, 0) is 37.3 Å². The van der Waals surface area contributed by atoms with Crippen molar-refractivity contribution < 1.29 is 19.4 Å². The van der Waals surface area contributed by atoms with Crippen LogP contribution in [0.2, 0.25) is 5.02 Å². The predicted molar refractivity (Wildman–Crippen MR) is 97.5 cm³/mol. The van der Waals surface area contributed by atoms with Crippen LogP contribution in [-0.2, 0) is 0 Å². The molecule has 7 nitrogen and oxygen atoms in total. The number of carboxylic acids is 1. The lowest BCUT2D eigenvalue weighted by atomic mass is 10.1. The topological polar surface area (TPSA) is 102 Å². The number of aromatic amines is 1. The number of hydrogen-bond acceptors (Lipinski definition) is 5. The number of aromatic nitrogens is 2. The highest BCUT2D eigenvalue weighted by atomic mass is 35.5. The largest absolute Gasteiger partial charge is 0.493 e. The Morgan fingerprint density at radius 2 is 2.08 bits per heavy atom. The van der Waals surface area contributed by atoms with E-state index in [0.29, 0.717) is 34.1 Å². The molecule has 1 aromatic heterocycles. The van der Waals surface area contributed by atoms with Crippen LogP contribution in [0, 0.1) is 0 Å². The van der Waals surface area contributed by atoms with Gasteiger partial charge < -0.3 is 19.6 Å². The molecule has 0 saturated heterocycles. The van der Waals surface area contributed by atoms with Gasteiger partial charge in [-0.25, -0.2) is 9.78 Å². The molecule has 0 aliphatic heterocycles. The predicted octanol–water partition coefficient (Wildman–Crippen LogP) is 3.35. The van der Waals surface area contributed by atoms with Crippen molar-refractivity contribution in [3.63, 3.8) is 0 Å². The number of rotatable bonds is 5. The van der Waals surface area contributed by atoms with Gasteiger partial charge in [0.2, 0.25) is 0 Å². The average Bonchev–Trinajstić information content (AvgIpc) is 2.62. The fraction of sp³-hybridized carbons (Fsp3) is 0.167. The number of nitrogens with zero attached hydrogens (tertiary/aromatic N) is 1. The molecule has 0 bridgehead atoms.